The van der Waals surface area contributed by atoms with Crippen molar-refractivity contribution in [2.24, 2.45) is 0 Å². The van der Waals surface area contributed by atoms with Gasteiger partial charge in [0.1, 0.15) is 6.20 Å². The van der Waals surface area contributed by atoms with Gasteiger partial charge in [-0.1, -0.05) is 13.8 Å². The standard InChI is InChI=1S/C12H14N4O2S/c1-12(2,9-3-5-13-6-4-9)8-15-11-14-7-10(19-11)16(17)18/h3-7H,8H2,1-2H3,(H,14,15). The lowest BCUT2D eigenvalue weighted by Crippen LogP contribution is -2.27. The van der Waals surface area contributed by atoms with Gasteiger partial charge in [-0.25, -0.2) is 4.98 Å². The Morgan fingerprint density at radius 2 is 2.11 bits per heavy atom. The number of rotatable bonds is 5. The summed E-state index contributed by atoms with van der Waals surface area (Å²) in [6.07, 6.45) is 4.78. The minimum atomic E-state index is -0.434. The number of aromatic nitrogens is 2. The molecular formula is C12H14N4O2S. The van der Waals surface area contributed by atoms with Crippen LogP contribution in [0.1, 0.15) is 19.4 Å². The number of hydrogen-bond donors (Lipinski definition) is 1. The highest BCUT2D eigenvalue weighted by Gasteiger charge is 2.21. The van der Waals surface area contributed by atoms with Crippen molar-refractivity contribution in [1.82, 2.24) is 9.97 Å². The molecule has 0 aliphatic heterocycles. The maximum atomic E-state index is 10.6. The Morgan fingerprint density at radius 1 is 1.42 bits per heavy atom. The van der Waals surface area contributed by atoms with E-state index in [4.69, 9.17) is 0 Å². The normalized spacial score (nSPS) is 11.3. The van der Waals surface area contributed by atoms with E-state index in [1.54, 1.807) is 12.4 Å². The van der Waals surface area contributed by atoms with E-state index in [0.717, 1.165) is 16.9 Å². The largest absolute Gasteiger partial charge is 0.360 e. The van der Waals surface area contributed by atoms with E-state index in [1.807, 2.05) is 12.1 Å². The van der Waals surface area contributed by atoms with E-state index < -0.39 is 4.92 Å². The molecule has 0 bridgehead atoms. The molecule has 0 unspecified atom stereocenters. The summed E-state index contributed by atoms with van der Waals surface area (Å²) in [7, 11) is 0. The van der Waals surface area contributed by atoms with Gasteiger partial charge in [-0.3, -0.25) is 15.1 Å². The molecule has 2 aromatic rings. The van der Waals surface area contributed by atoms with Crippen LogP contribution in [0.4, 0.5) is 10.1 Å². The molecule has 19 heavy (non-hydrogen) atoms. The molecule has 0 amide bonds. The lowest BCUT2D eigenvalue weighted by Gasteiger charge is -2.25. The Balaban J connectivity index is 2.03. The number of nitro groups is 1. The molecule has 0 atom stereocenters. The fourth-order valence-corrected chi connectivity index (χ4v) is 2.26. The van der Waals surface area contributed by atoms with Gasteiger partial charge in [-0.05, 0) is 29.0 Å². The molecule has 2 aromatic heterocycles. The number of hydrogen-bond acceptors (Lipinski definition) is 6. The molecule has 0 aliphatic rings. The van der Waals surface area contributed by atoms with Gasteiger partial charge in [0.25, 0.3) is 0 Å². The van der Waals surface area contributed by atoms with Crippen molar-refractivity contribution in [2.45, 2.75) is 19.3 Å². The fraction of sp³-hybridized carbons (Fsp3) is 0.333. The second-order valence-electron chi connectivity index (χ2n) is 4.73. The minimum absolute atomic E-state index is 0.0456. The maximum absolute atomic E-state index is 10.6. The highest BCUT2D eigenvalue weighted by molar-refractivity contribution is 7.18. The minimum Gasteiger partial charge on any atom is -0.360 e. The van der Waals surface area contributed by atoms with Crippen molar-refractivity contribution in [3.63, 3.8) is 0 Å². The average molecular weight is 278 g/mol. The summed E-state index contributed by atoms with van der Waals surface area (Å²) in [5.74, 6) is 0. The molecular weight excluding hydrogens is 264 g/mol. The predicted octanol–water partition coefficient (Wildman–Crippen LogP) is 2.84. The van der Waals surface area contributed by atoms with Gasteiger partial charge < -0.3 is 5.32 Å². The van der Waals surface area contributed by atoms with Crippen LogP contribution in [0.15, 0.2) is 30.7 Å². The Morgan fingerprint density at radius 3 is 2.68 bits per heavy atom. The van der Waals surface area contributed by atoms with E-state index in [-0.39, 0.29) is 10.4 Å². The van der Waals surface area contributed by atoms with Gasteiger partial charge in [-0.15, -0.1) is 0 Å². The molecule has 2 heterocycles. The first-order chi connectivity index (χ1) is 8.99. The zero-order valence-electron chi connectivity index (χ0n) is 10.7. The highest BCUT2D eigenvalue weighted by Crippen LogP contribution is 2.27. The van der Waals surface area contributed by atoms with Gasteiger partial charge in [0.15, 0.2) is 5.13 Å². The summed E-state index contributed by atoms with van der Waals surface area (Å²) in [5, 5.41) is 14.3. The van der Waals surface area contributed by atoms with Crippen LogP contribution < -0.4 is 5.32 Å². The summed E-state index contributed by atoms with van der Waals surface area (Å²) < 4.78 is 0. The number of pyridine rings is 1. The molecule has 0 saturated carbocycles. The van der Waals surface area contributed by atoms with E-state index in [2.05, 4.69) is 29.1 Å². The molecule has 0 aliphatic carbocycles. The van der Waals surface area contributed by atoms with Gasteiger partial charge in [-0.2, -0.15) is 0 Å². The summed E-state index contributed by atoms with van der Waals surface area (Å²) in [5.41, 5.74) is 1.05. The highest BCUT2D eigenvalue weighted by atomic mass is 32.1. The van der Waals surface area contributed by atoms with E-state index >= 15 is 0 Å². The second kappa shape index (κ2) is 5.31. The Labute approximate surface area is 114 Å². The fourth-order valence-electron chi connectivity index (χ4n) is 1.63. The Bertz CT molecular complexity index is 568. The third-order valence-corrected chi connectivity index (χ3v) is 3.72. The summed E-state index contributed by atoms with van der Waals surface area (Å²) in [4.78, 5) is 18.1. The van der Waals surface area contributed by atoms with Crippen molar-refractivity contribution in [3.8, 4) is 0 Å². The van der Waals surface area contributed by atoms with Crippen LogP contribution in [0.3, 0.4) is 0 Å². The molecule has 100 valence electrons. The molecule has 7 heteroatoms. The summed E-state index contributed by atoms with van der Waals surface area (Å²) in [6.45, 7) is 4.83. The van der Waals surface area contributed by atoms with Crippen molar-refractivity contribution < 1.29 is 4.92 Å². The van der Waals surface area contributed by atoms with Crippen molar-refractivity contribution >= 4 is 21.5 Å². The number of thiazole rings is 1. The first-order valence-electron chi connectivity index (χ1n) is 5.74. The van der Waals surface area contributed by atoms with Crippen LogP contribution in [-0.4, -0.2) is 21.4 Å². The van der Waals surface area contributed by atoms with E-state index in [1.165, 1.54) is 6.20 Å². The molecule has 0 saturated heterocycles. The van der Waals surface area contributed by atoms with Gasteiger partial charge in [0.05, 0.1) is 4.92 Å². The first kappa shape index (κ1) is 13.4. The topological polar surface area (TPSA) is 81.0 Å². The zero-order valence-corrected chi connectivity index (χ0v) is 11.5. The predicted molar refractivity (Wildman–Crippen MR) is 74.5 cm³/mol. The van der Waals surface area contributed by atoms with Gasteiger partial charge >= 0.3 is 5.00 Å². The third-order valence-electron chi connectivity index (χ3n) is 2.82. The van der Waals surface area contributed by atoms with Gasteiger partial charge in [0, 0.05) is 24.4 Å². The number of anilines is 1. The van der Waals surface area contributed by atoms with E-state index in [0.29, 0.717) is 11.7 Å². The van der Waals surface area contributed by atoms with Crippen molar-refractivity contribution in [3.05, 3.63) is 46.4 Å². The molecule has 0 fully saturated rings. The smallest absolute Gasteiger partial charge is 0.345 e. The van der Waals surface area contributed by atoms with Crippen molar-refractivity contribution in [2.75, 3.05) is 11.9 Å². The lowest BCUT2D eigenvalue weighted by atomic mass is 9.85. The Kier molecular flexibility index (Phi) is 3.75. The molecule has 2 rings (SSSR count). The van der Waals surface area contributed by atoms with Crippen molar-refractivity contribution in [1.29, 1.82) is 0 Å². The molecule has 0 radical (unpaired) electrons. The first-order valence-corrected chi connectivity index (χ1v) is 6.55. The SMILES string of the molecule is CC(C)(CNc1ncc([N+](=O)[O-])s1)c1ccncc1. The summed E-state index contributed by atoms with van der Waals surface area (Å²) in [6, 6.07) is 3.93. The third kappa shape index (κ3) is 3.25. The monoisotopic (exact) mass is 278 g/mol. The van der Waals surface area contributed by atoms with Crippen LogP contribution in [0.25, 0.3) is 0 Å². The molecule has 6 nitrogen and oxygen atoms in total. The van der Waals surface area contributed by atoms with Crippen LogP contribution >= 0.6 is 11.3 Å². The summed E-state index contributed by atoms with van der Waals surface area (Å²) >= 11 is 1.04. The van der Waals surface area contributed by atoms with Crippen LogP contribution in [0, 0.1) is 10.1 Å². The maximum Gasteiger partial charge on any atom is 0.345 e. The van der Waals surface area contributed by atoms with Crippen LogP contribution in [0.5, 0.6) is 0 Å². The second-order valence-corrected chi connectivity index (χ2v) is 5.74. The lowest BCUT2D eigenvalue weighted by molar-refractivity contribution is -0.380. The number of nitrogens with zero attached hydrogens (tertiary/aromatic N) is 3. The quantitative estimate of drug-likeness (QED) is 0.672. The average Bonchev–Trinajstić information content (AvgIpc) is 2.87. The molecule has 0 aromatic carbocycles. The zero-order chi connectivity index (χ0) is 13.9. The molecule has 1 N–H and O–H groups in total. The Hall–Kier alpha value is -2.02. The number of nitrogens with one attached hydrogen (secondary N) is 1. The molecule has 0 spiro atoms. The van der Waals surface area contributed by atoms with Crippen LogP contribution in [-0.2, 0) is 5.41 Å². The van der Waals surface area contributed by atoms with Gasteiger partial charge in [0.2, 0.25) is 0 Å². The van der Waals surface area contributed by atoms with Crippen LogP contribution in [0.2, 0.25) is 0 Å². The van der Waals surface area contributed by atoms with E-state index in [9.17, 15) is 10.1 Å².